The summed E-state index contributed by atoms with van der Waals surface area (Å²) in [5.41, 5.74) is 0.754. The van der Waals surface area contributed by atoms with Crippen LogP contribution in [0.25, 0.3) is 0 Å². The molecular weight excluding hydrogens is 146 g/mol. The molecule has 2 rings (SSSR count). The van der Waals surface area contributed by atoms with E-state index in [-0.39, 0.29) is 0 Å². The van der Waals surface area contributed by atoms with E-state index < -0.39 is 0 Å². The molecule has 1 nitrogen and oxygen atoms in total. The van der Waals surface area contributed by atoms with E-state index in [4.69, 9.17) is 0 Å². The Morgan fingerprint density at radius 2 is 1.75 bits per heavy atom. The van der Waals surface area contributed by atoms with E-state index in [1.54, 1.807) is 0 Å². The molecule has 0 bridgehead atoms. The lowest BCUT2D eigenvalue weighted by molar-refractivity contribution is 0.0733. The highest BCUT2D eigenvalue weighted by Crippen LogP contribution is 2.44. The first-order valence-electron chi connectivity index (χ1n) is 5.57. The molecule has 12 heavy (non-hydrogen) atoms. The summed E-state index contributed by atoms with van der Waals surface area (Å²) in [6, 6.07) is 0. The minimum absolute atomic E-state index is 0.754. The summed E-state index contributed by atoms with van der Waals surface area (Å²) in [4.78, 5) is 2.68. The van der Waals surface area contributed by atoms with Crippen LogP contribution in [0.4, 0.5) is 0 Å². The first-order valence-corrected chi connectivity index (χ1v) is 5.57. The van der Waals surface area contributed by atoms with Crippen molar-refractivity contribution in [1.29, 1.82) is 0 Å². The van der Waals surface area contributed by atoms with E-state index in [2.05, 4.69) is 11.8 Å². The van der Waals surface area contributed by atoms with Gasteiger partial charge in [0.25, 0.3) is 0 Å². The highest BCUT2D eigenvalue weighted by Gasteiger charge is 2.36. The second-order valence-corrected chi connectivity index (χ2v) is 4.69. The molecule has 70 valence electrons. The molecule has 1 aliphatic heterocycles. The van der Waals surface area contributed by atoms with Gasteiger partial charge >= 0.3 is 0 Å². The van der Waals surface area contributed by atoms with Gasteiger partial charge in [-0.05, 0) is 50.6 Å². The van der Waals surface area contributed by atoms with Gasteiger partial charge in [-0.2, -0.15) is 0 Å². The molecule has 0 spiro atoms. The van der Waals surface area contributed by atoms with E-state index in [0.717, 1.165) is 5.41 Å². The molecule has 0 atom stereocenters. The van der Waals surface area contributed by atoms with Crippen molar-refractivity contribution in [1.82, 2.24) is 4.90 Å². The molecule has 1 heteroatoms. The van der Waals surface area contributed by atoms with Gasteiger partial charge in [-0.25, -0.2) is 0 Å². The van der Waals surface area contributed by atoms with Crippen LogP contribution < -0.4 is 0 Å². The Morgan fingerprint density at radius 1 is 1.08 bits per heavy atom. The summed E-state index contributed by atoms with van der Waals surface area (Å²) < 4.78 is 0. The third kappa shape index (κ3) is 1.52. The molecule has 2 fully saturated rings. The molecule has 0 N–H and O–H groups in total. The van der Waals surface area contributed by atoms with Crippen LogP contribution in [-0.2, 0) is 0 Å². The van der Waals surface area contributed by atoms with Gasteiger partial charge in [0, 0.05) is 6.54 Å². The first-order chi connectivity index (χ1) is 5.85. The highest BCUT2D eigenvalue weighted by atomic mass is 15.1. The van der Waals surface area contributed by atoms with Gasteiger partial charge in [-0.15, -0.1) is 0 Å². The summed E-state index contributed by atoms with van der Waals surface area (Å²) in [6.45, 7) is 6.53. The molecule has 1 heterocycles. The molecule has 1 saturated carbocycles. The third-order valence-corrected chi connectivity index (χ3v) is 3.92. The quantitative estimate of drug-likeness (QED) is 0.624. The summed E-state index contributed by atoms with van der Waals surface area (Å²) >= 11 is 0. The lowest BCUT2D eigenvalue weighted by atomic mass is 9.67. The maximum Gasteiger partial charge on any atom is 0.00379 e. The first kappa shape index (κ1) is 8.55. The fourth-order valence-corrected chi connectivity index (χ4v) is 2.72. The number of nitrogens with zero attached hydrogens (tertiary/aromatic N) is 1. The zero-order chi connectivity index (χ0) is 8.44. The molecule has 1 aliphatic carbocycles. The Morgan fingerprint density at radius 3 is 2.17 bits per heavy atom. The Hall–Kier alpha value is -0.0400. The molecule has 0 amide bonds. The second-order valence-electron chi connectivity index (χ2n) is 4.69. The van der Waals surface area contributed by atoms with Gasteiger partial charge < -0.3 is 4.90 Å². The number of hydrogen-bond donors (Lipinski definition) is 0. The summed E-state index contributed by atoms with van der Waals surface area (Å²) in [5, 5.41) is 0. The predicted octanol–water partition coefficient (Wildman–Crippen LogP) is 2.66. The Bertz CT molecular complexity index is 138. The van der Waals surface area contributed by atoms with Crippen molar-refractivity contribution in [3.05, 3.63) is 0 Å². The van der Waals surface area contributed by atoms with Crippen LogP contribution in [0, 0.1) is 5.41 Å². The summed E-state index contributed by atoms with van der Waals surface area (Å²) in [5.74, 6) is 0. The zero-order valence-electron chi connectivity index (χ0n) is 8.31. The molecule has 2 aliphatic rings. The van der Waals surface area contributed by atoms with E-state index in [0.29, 0.717) is 0 Å². The molecule has 0 aromatic rings. The predicted molar refractivity (Wildman–Crippen MR) is 52.2 cm³/mol. The monoisotopic (exact) mass is 167 g/mol. The van der Waals surface area contributed by atoms with Gasteiger partial charge in [-0.1, -0.05) is 13.3 Å². The molecule has 1 saturated heterocycles. The molecule has 0 aromatic carbocycles. The normalized spacial score (nSPS) is 28.8. The second kappa shape index (κ2) is 3.37. The zero-order valence-corrected chi connectivity index (χ0v) is 8.31. The van der Waals surface area contributed by atoms with Gasteiger partial charge in [0.05, 0.1) is 0 Å². The highest BCUT2D eigenvalue weighted by molar-refractivity contribution is 4.90. The summed E-state index contributed by atoms with van der Waals surface area (Å²) in [7, 11) is 0. The summed E-state index contributed by atoms with van der Waals surface area (Å²) in [6.07, 6.45) is 8.78. The van der Waals surface area contributed by atoms with E-state index in [1.165, 1.54) is 58.2 Å². The smallest absolute Gasteiger partial charge is 0.00379 e. The average Bonchev–Trinajstić information content (AvgIpc) is 2.49. The van der Waals surface area contributed by atoms with E-state index in [1.807, 2.05) is 0 Å². The standard InChI is InChI=1S/C11H21N/c1-2-11(6-5-7-11)10-12-8-3-4-9-12/h2-10H2,1H3. The Kier molecular flexibility index (Phi) is 2.40. The van der Waals surface area contributed by atoms with Gasteiger partial charge in [-0.3, -0.25) is 0 Å². The SMILES string of the molecule is CCC1(CN2CCCC2)CCC1. The molecule has 0 radical (unpaired) electrons. The van der Waals surface area contributed by atoms with Crippen molar-refractivity contribution in [3.8, 4) is 0 Å². The fourth-order valence-electron chi connectivity index (χ4n) is 2.72. The fraction of sp³-hybridized carbons (Fsp3) is 1.00. The van der Waals surface area contributed by atoms with Crippen molar-refractivity contribution in [2.45, 2.75) is 45.4 Å². The number of hydrogen-bond acceptors (Lipinski definition) is 1. The molecular formula is C11H21N. The van der Waals surface area contributed by atoms with Gasteiger partial charge in [0.2, 0.25) is 0 Å². The van der Waals surface area contributed by atoms with Crippen molar-refractivity contribution >= 4 is 0 Å². The minimum Gasteiger partial charge on any atom is -0.303 e. The van der Waals surface area contributed by atoms with Crippen molar-refractivity contribution < 1.29 is 0 Å². The third-order valence-electron chi connectivity index (χ3n) is 3.92. The Labute approximate surface area is 76.1 Å². The van der Waals surface area contributed by atoms with Crippen LogP contribution >= 0.6 is 0 Å². The minimum atomic E-state index is 0.754. The Balaban J connectivity index is 1.83. The van der Waals surface area contributed by atoms with E-state index >= 15 is 0 Å². The average molecular weight is 167 g/mol. The van der Waals surface area contributed by atoms with Gasteiger partial charge in [0.15, 0.2) is 0 Å². The van der Waals surface area contributed by atoms with Crippen molar-refractivity contribution in [2.75, 3.05) is 19.6 Å². The van der Waals surface area contributed by atoms with Gasteiger partial charge in [0.1, 0.15) is 0 Å². The van der Waals surface area contributed by atoms with Crippen LogP contribution in [-0.4, -0.2) is 24.5 Å². The maximum absolute atomic E-state index is 2.68. The maximum atomic E-state index is 2.68. The topological polar surface area (TPSA) is 3.24 Å². The van der Waals surface area contributed by atoms with Crippen LogP contribution in [0.5, 0.6) is 0 Å². The number of rotatable bonds is 3. The largest absolute Gasteiger partial charge is 0.303 e. The van der Waals surface area contributed by atoms with Crippen LogP contribution in [0.1, 0.15) is 45.4 Å². The van der Waals surface area contributed by atoms with Crippen molar-refractivity contribution in [3.63, 3.8) is 0 Å². The van der Waals surface area contributed by atoms with E-state index in [9.17, 15) is 0 Å². The molecule has 0 unspecified atom stereocenters. The molecule has 0 aromatic heterocycles. The van der Waals surface area contributed by atoms with Crippen LogP contribution in [0.15, 0.2) is 0 Å². The lowest BCUT2D eigenvalue weighted by Crippen LogP contribution is -2.40. The van der Waals surface area contributed by atoms with Crippen molar-refractivity contribution in [2.24, 2.45) is 5.41 Å². The van der Waals surface area contributed by atoms with Crippen LogP contribution in [0.3, 0.4) is 0 Å². The lowest BCUT2D eigenvalue weighted by Gasteiger charge is -2.44. The van der Waals surface area contributed by atoms with Crippen LogP contribution in [0.2, 0.25) is 0 Å². The number of likely N-dealkylation sites (tertiary alicyclic amines) is 1.